The van der Waals surface area contributed by atoms with Gasteiger partial charge in [-0.25, -0.2) is 4.79 Å². The number of hydrogen-bond acceptors (Lipinski definition) is 3. The lowest BCUT2D eigenvalue weighted by Gasteiger charge is -2.30. The summed E-state index contributed by atoms with van der Waals surface area (Å²) in [6, 6.07) is 21.4. The Kier molecular flexibility index (Phi) is 10.8. The number of carbonyl (C=O) groups is 2. The molecule has 5 heteroatoms. The molecule has 1 fully saturated rings. The fraction of sp³-hybridized carbons (Fsp3) is 0.548. The second kappa shape index (κ2) is 14.1. The van der Waals surface area contributed by atoms with E-state index < -0.39 is 5.60 Å². The van der Waals surface area contributed by atoms with E-state index in [0.717, 1.165) is 64.2 Å². The second-order valence-electron chi connectivity index (χ2n) is 11.2. The molecule has 36 heavy (non-hydrogen) atoms. The molecule has 2 aromatic carbocycles. The van der Waals surface area contributed by atoms with Gasteiger partial charge in [-0.15, -0.1) is 0 Å². The molecule has 0 saturated heterocycles. The highest BCUT2D eigenvalue weighted by Crippen LogP contribution is 2.25. The fourth-order valence-corrected chi connectivity index (χ4v) is 4.98. The molecule has 0 unspecified atom stereocenters. The Hall–Kier alpha value is -2.82. The number of rotatable bonds is 11. The zero-order valence-corrected chi connectivity index (χ0v) is 22.3. The minimum atomic E-state index is -0.503. The van der Waals surface area contributed by atoms with Gasteiger partial charge in [-0.2, -0.15) is 0 Å². The maximum Gasteiger partial charge on any atom is 0.407 e. The fourth-order valence-electron chi connectivity index (χ4n) is 4.98. The number of carbonyl (C=O) groups excluding carboxylic acids is 2. The average Bonchev–Trinajstić information content (AvgIpc) is 2.84. The summed E-state index contributed by atoms with van der Waals surface area (Å²) < 4.78 is 5.38. The van der Waals surface area contributed by atoms with E-state index in [0.29, 0.717) is 0 Å². The van der Waals surface area contributed by atoms with Gasteiger partial charge in [0.25, 0.3) is 0 Å². The first-order valence-electron chi connectivity index (χ1n) is 13.7. The summed E-state index contributed by atoms with van der Waals surface area (Å²) in [5.74, 6) is 0.197. The molecule has 2 N–H and O–H groups in total. The quantitative estimate of drug-likeness (QED) is 0.371. The number of hydrogen-bond donors (Lipinski definition) is 2. The van der Waals surface area contributed by atoms with E-state index in [1.165, 1.54) is 11.1 Å². The highest BCUT2D eigenvalue weighted by molar-refractivity contribution is 5.79. The van der Waals surface area contributed by atoms with Crippen molar-refractivity contribution < 1.29 is 14.3 Å². The number of ether oxygens (including phenoxy) is 1. The summed E-state index contributed by atoms with van der Waals surface area (Å²) in [5, 5.41) is 6.36. The summed E-state index contributed by atoms with van der Waals surface area (Å²) >= 11 is 0. The minimum Gasteiger partial charge on any atom is -0.444 e. The third-order valence-corrected chi connectivity index (χ3v) is 6.89. The third kappa shape index (κ3) is 10.4. The lowest BCUT2D eigenvalue weighted by Crippen LogP contribution is -2.44. The van der Waals surface area contributed by atoms with Gasteiger partial charge in [0.1, 0.15) is 5.60 Å². The summed E-state index contributed by atoms with van der Waals surface area (Å²) in [5.41, 5.74) is 2.20. The normalized spacial score (nSPS) is 18.0. The standard InChI is InChI=1S/C31H44N2O3/c1-31(2,3)36-30(35)33-28-22-20-26(21-23-28)29(34)32-27(18-10-16-24-12-6-4-7-13-24)19-11-17-25-14-8-5-9-15-25/h4-9,12-15,26-28H,10-11,16-23H2,1-3H3,(H,32,34)(H,33,35)/t26-,28+. The van der Waals surface area contributed by atoms with Gasteiger partial charge >= 0.3 is 6.09 Å². The molecule has 3 rings (SSSR count). The molecule has 1 aliphatic rings. The van der Waals surface area contributed by atoms with E-state index in [2.05, 4.69) is 59.2 Å². The van der Waals surface area contributed by atoms with E-state index >= 15 is 0 Å². The Balaban J connectivity index is 1.46. The molecule has 0 bridgehead atoms. The lowest BCUT2D eigenvalue weighted by atomic mass is 9.85. The Labute approximate surface area is 217 Å². The first-order chi connectivity index (χ1) is 17.3. The van der Waals surface area contributed by atoms with Crippen LogP contribution in [0.15, 0.2) is 60.7 Å². The van der Waals surface area contributed by atoms with Gasteiger partial charge in [0.15, 0.2) is 0 Å². The Bertz CT molecular complexity index is 870. The number of alkyl carbamates (subject to hydrolysis) is 1. The maximum absolute atomic E-state index is 13.2. The van der Waals surface area contributed by atoms with Gasteiger partial charge in [0, 0.05) is 18.0 Å². The number of amides is 2. The largest absolute Gasteiger partial charge is 0.444 e. The van der Waals surface area contributed by atoms with Crippen LogP contribution in [0.2, 0.25) is 0 Å². The SMILES string of the molecule is CC(C)(C)OC(=O)N[C@H]1CC[C@@H](C(=O)NC(CCCc2ccccc2)CCCc2ccccc2)CC1. The first-order valence-corrected chi connectivity index (χ1v) is 13.7. The van der Waals surface area contributed by atoms with Crippen molar-refractivity contribution in [3.63, 3.8) is 0 Å². The van der Waals surface area contributed by atoms with Gasteiger partial charge in [-0.3, -0.25) is 4.79 Å². The predicted octanol–water partition coefficient (Wildman–Crippen LogP) is 6.60. The maximum atomic E-state index is 13.2. The van der Waals surface area contributed by atoms with Crippen LogP contribution in [0.1, 0.15) is 83.3 Å². The first kappa shape index (κ1) is 27.8. The second-order valence-corrected chi connectivity index (χ2v) is 11.2. The van der Waals surface area contributed by atoms with Gasteiger partial charge in [-0.1, -0.05) is 60.7 Å². The Morgan fingerprint density at radius 1 is 0.833 bits per heavy atom. The van der Waals surface area contributed by atoms with Crippen LogP contribution in [0.4, 0.5) is 4.79 Å². The molecule has 0 radical (unpaired) electrons. The Morgan fingerprint density at radius 2 is 1.33 bits per heavy atom. The van der Waals surface area contributed by atoms with E-state index in [-0.39, 0.29) is 30.0 Å². The van der Waals surface area contributed by atoms with Gasteiger partial charge < -0.3 is 15.4 Å². The van der Waals surface area contributed by atoms with Crippen molar-refractivity contribution in [3.8, 4) is 0 Å². The highest BCUT2D eigenvalue weighted by Gasteiger charge is 2.29. The Morgan fingerprint density at radius 3 is 1.81 bits per heavy atom. The lowest BCUT2D eigenvalue weighted by molar-refractivity contribution is -0.126. The van der Waals surface area contributed by atoms with Gasteiger partial charge in [0.2, 0.25) is 5.91 Å². The molecule has 196 valence electrons. The van der Waals surface area contributed by atoms with Crippen LogP contribution >= 0.6 is 0 Å². The number of aryl methyl sites for hydroxylation is 2. The number of benzene rings is 2. The smallest absolute Gasteiger partial charge is 0.407 e. The minimum absolute atomic E-state index is 0.0208. The molecule has 5 nitrogen and oxygen atoms in total. The molecular weight excluding hydrogens is 448 g/mol. The van der Waals surface area contributed by atoms with Crippen molar-refractivity contribution in [3.05, 3.63) is 71.8 Å². The summed E-state index contributed by atoms with van der Waals surface area (Å²) in [6.45, 7) is 5.60. The van der Waals surface area contributed by atoms with Crippen LogP contribution in [0.5, 0.6) is 0 Å². The van der Waals surface area contributed by atoms with E-state index in [1.807, 2.05) is 32.9 Å². The summed E-state index contributed by atoms with van der Waals surface area (Å²) in [6.07, 6.45) is 9.03. The number of nitrogens with one attached hydrogen (secondary N) is 2. The molecular formula is C31H44N2O3. The van der Waals surface area contributed by atoms with Crippen LogP contribution in [0, 0.1) is 5.92 Å². The average molecular weight is 493 g/mol. The van der Waals surface area contributed by atoms with Crippen LogP contribution in [0.3, 0.4) is 0 Å². The van der Waals surface area contributed by atoms with Crippen molar-refractivity contribution in [2.75, 3.05) is 0 Å². The topological polar surface area (TPSA) is 67.4 Å². The van der Waals surface area contributed by atoms with Crippen molar-refractivity contribution in [2.45, 2.75) is 103 Å². The molecule has 2 aromatic rings. The zero-order chi connectivity index (χ0) is 25.8. The molecule has 0 aromatic heterocycles. The van der Waals surface area contributed by atoms with Crippen LogP contribution in [0.25, 0.3) is 0 Å². The monoisotopic (exact) mass is 492 g/mol. The highest BCUT2D eigenvalue weighted by atomic mass is 16.6. The predicted molar refractivity (Wildman–Crippen MR) is 146 cm³/mol. The molecule has 0 spiro atoms. The van der Waals surface area contributed by atoms with Gasteiger partial charge in [0.05, 0.1) is 0 Å². The van der Waals surface area contributed by atoms with Crippen LogP contribution < -0.4 is 10.6 Å². The summed E-state index contributed by atoms with van der Waals surface area (Å²) in [4.78, 5) is 25.2. The van der Waals surface area contributed by atoms with Crippen LogP contribution in [-0.4, -0.2) is 29.7 Å². The molecule has 0 atom stereocenters. The molecule has 2 amide bonds. The van der Waals surface area contributed by atoms with Crippen molar-refractivity contribution >= 4 is 12.0 Å². The van der Waals surface area contributed by atoms with Crippen LogP contribution in [-0.2, 0) is 22.4 Å². The van der Waals surface area contributed by atoms with Crippen molar-refractivity contribution in [1.29, 1.82) is 0 Å². The third-order valence-electron chi connectivity index (χ3n) is 6.89. The van der Waals surface area contributed by atoms with Crippen molar-refractivity contribution in [2.24, 2.45) is 5.92 Å². The van der Waals surface area contributed by atoms with E-state index in [9.17, 15) is 9.59 Å². The van der Waals surface area contributed by atoms with E-state index in [4.69, 9.17) is 4.74 Å². The molecule has 1 aliphatic carbocycles. The summed E-state index contributed by atoms with van der Waals surface area (Å²) in [7, 11) is 0. The molecule has 1 saturated carbocycles. The van der Waals surface area contributed by atoms with Gasteiger partial charge in [-0.05, 0) is 96.1 Å². The van der Waals surface area contributed by atoms with E-state index in [1.54, 1.807) is 0 Å². The molecule has 0 heterocycles. The molecule has 0 aliphatic heterocycles. The zero-order valence-electron chi connectivity index (χ0n) is 22.3. The van der Waals surface area contributed by atoms with Crippen molar-refractivity contribution in [1.82, 2.24) is 10.6 Å².